The Bertz CT molecular complexity index is 580. The number of aliphatic imine (C=N–C) groups is 1. The molecule has 1 aliphatic rings. The molecule has 1 atom stereocenters. The largest absolute Gasteiger partial charge is 0.493 e. The van der Waals surface area contributed by atoms with Gasteiger partial charge in [-0.3, -0.25) is 9.79 Å². The summed E-state index contributed by atoms with van der Waals surface area (Å²) in [4.78, 5) is 16.5. The van der Waals surface area contributed by atoms with Gasteiger partial charge in [-0.15, -0.1) is 0 Å². The molecular formula is C17H23NO4. The highest BCUT2D eigenvalue weighted by atomic mass is 16.5. The van der Waals surface area contributed by atoms with E-state index in [9.17, 15) is 4.79 Å². The second kappa shape index (κ2) is 7.29. The first-order valence-electron chi connectivity index (χ1n) is 7.60. The standard InChI is InChI=1S/C17H23NO4/c1-5-12-7-11-8-15(20-3)16(21-4)9-13(11)14(18-12)10-17(19)22-6-2/h8-9,12H,5-7,10H2,1-4H3. The predicted octanol–water partition coefficient (Wildman–Crippen LogP) is 2.78. The lowest BCUT2D eigenvalue weighted by Gasteiger charge is -2.24. The van der Waals surface area contributed by atoms with Crippen molar-refractivity contribution in [1.82, 2.24) is 0 Å². The van der Waals surface area contributed by atoms with Gasteiger partial charge in [-0.1, -0.05) is 6.92 Å². The number of esters is 1. The van der Waals surface area contributed by atoms with Crippen molar-refractivity contribution in [2.24, 2.45) is 4.99 Å². The number of benzene rings is 1. The minimum Gasteiger partial charge on any atom is -0.493 e. The molecule has 0 spiro atoms. The highest BCUT2D eigenvalue weighted by Crippen LogP contribution is 2.34. The van der Waals surface area contributed by atoms with Crippen LogP contribution < -0.4 is 9.47 Å². The van der Waals surface area contributed by atoms with E-state index < -0.39 is 0 Å². The van der Waals surface area contributed by atoms with Crippen LogP contribution in [0.4, 0.5) is 0 Å². The number of methoxy groups -OCH3 is 2. The summed E-state index contributed by atoms with van der Waals surface area (Å²) in [6.45, 7) is 4.28. The van der Waals surface area contributed by atoms with Crippen molar-refractivity contribution in [1.29, 1.82) is 0 Å². The third-order valence-electron chi connectivity index (χ3n) is 3.80. The fraction of sp³-hybridized carbons (Fsp3) is 0.529. The number of fused-ring (bicyclic) bond motifs is 1. The molecule has 0 N–H and O–H groups in total. The van der Waals surface area contributed by atoms with E-state index in [1.54, 1.807) is 21.1 Å². The van der Waals surface area contributed by atoms with Gasteiger partial charge in [-0.2, -0.15) is 0 Å². The molecule has 22 heavy (non-hydrogen) atoms. The zero-order valence-corrected chi connectivity index (χ0v) is 13.6. The lowest BCUT2D eigenvalue weighted by molar-refractivity contribution is -0.141. The molecule has 1 heterocycles. The Kier molecular flexibility index (Phi) is 5.41. The van der Waals surface area contributed by atoms with Gasteiger partial charge in [0.1, 0.15) is 0 Å². The van der Waals surface area contributed by atoms with Crippen LogP contribution in [0.5, 0.6) is 11.5 Å². The van der Waals surface area contributed by atoms with Gasteiger partial charge in [0.25, 0.3) is 0 Å². The van der Waals surface area contributed by atoms with E-state index in [-0.39, 0.29) is 18.4 Å². The Morgan fingerprint density at radius 2 is 1.91 bits per heavy atom. The number of ether oxygens (including phenoxy) is 3. The van der Waals surface area contributed by atoms with Gasteiger partial charge >= 0.3 is 5.97 Å². The first-order valence-corrected chi connectivity index (χ1v) is 7.60. The van der Waals surface area contributed by atoms with Crippen molar-refractivity contribution in [3.63, 3.8) is 0 Å². The molecule has 0 saturated carbocycles. The molecule has 0 aliphatic carbocycles. The summed E-state index contributed by atoms with van der Waals surface area (Å²) in [5.41, 5.74) is 2.86. The van der Waals surface area contributed by atoms with Crippen molar-refractivity contribution < 1.29 is 19.0 Å². The first-order chi connectivity index (χ1) is 10.6. The quantitative estimate of drug-likeness (QED) is 0.758. The molecule has 0 saturated heterocycles. The molecule has 1 unspecified atom stereocenters. The van der Waals surface area contributed by atoms with Crippen LogP contribution in [0.3, 0.4) is 0 Å². The highest BCUT2D eigenvalue weighted by Gasteiger charge is 2.24. The molecule has 0 aromatic heterocycles. The average molecular weight is 305 g/mol. The molecule has 1 aromatic rings. The second-order valence-electron chi connectivity index (χ2n) is 5.19. The highest BCUT2D eigenvalue weighted by molar-refractivity contribution is 6.11. The van der Waals surface area contributed by atoms with Crippen LogP contribution in [0.25, 0.3) is 0 Å². The summed E-state index contributed by atoms with van der Waals surface area (Å²) in [7, 11) is 3.22. The third-order valence-corrected chi connectivity index (χ3v) is 3.80. The number of hydrogen-bond acceptors (Lipinski definition) is 5. The van der Waals surface area contributed by atoms with Crippen LogP contribution >= 0.6 is 0 Å². The Morgan fingerprint density at radius 3 is 2.50 bits per heavy atom. The van der Waals surface area contributed by atoms with E-state index in [2.05, 4.69) is 6.92 Å². The number of hydrogen-bond donors (Lipinski definition) is 0. The van der Waals surface area contributed by atoms with Gasteiger partial charge in [0.05, 0.1) is 39.0 Å². The zero-order chi connectivity index (χ0) is 16.1. The molecule has 0 bridgehead atoms. The van der Waals surface area contributed by atoms with E-state index in [4.69, 9.17) is 19.2 Å². The van der Waals surface area contributed by atoms with Crippen molar-refractivity contribution in [3.8, 4) is 11.5 Å². The van der Waals surface area contributed by atoms with Crippen LogP contribution in [0, 0.1) is 0 Å². The van der Waals surface area contributed by atoms with Gasteiger partial charge in [-0.25, -0.2) is 0 Å². The minimum absolute atomic E-state index is 0.187. The molecule has 0 amide bonds. The Balaban J connectivity index is 2.41. The normalized spacial score (nSPS) is 16.5. The maximum Gasteiger partial charge on any atom is 0.311 e. The average Bonchev–Trinajstić information content (AvgIpc) is 2.53. The van der Waals surface area contributed by atoms with Gasteiger partial charge in [0.15, 0.2) is 11.5 Å². The Labute approximate surface area is 131 Å². The van der Waals surface area contributed by atoms with Gasteiger partial charge in [0, 0.05) is 5.56 Å². The van der Waals surface area contributed by atoms with E-state index >= 15 is 0 Å². The van der Waals surface area contributed by atoms with Crippen molar-refractivity contribution >= 4 is 11.7 Å². The maximum absolute atomic E-state index is 11.8. The predicted molar refractivity (Wildman–Crippen MR) is 85.1 cm³/mol. The van der Waals surface area contributed by atoms with Crippen molar-refractivity contribution in [2.45, 2.75) is 39.2 Å². The van der Waals surface area contributed by atoms with Crippen LogP contribution in [0.15, 0.2) is 17.1 Å². The zero-order valence-electron chi connectivity index (χ0n) is 13.6. The molecule has 0 fully saturated rings. The SMILES string of the molecule is CCOC(=O)CC1=NC(CC)Cc2cc(OC)c(OC)cc21. The monoisotopic (exact) mass is 305 g/mol. The number of rotatable bonds is 6. The molecule has 0 radical (unpaired) electrons. The van der Waals surface area contributed by atoms with Gasteiger partial charge < -0.3 is 14.2 Å². The van der Waals surface area contributed by atoms with Crippen LogP contribution in [-0.2, 0) is 16.0 Å². The summed E-state index contributed by atoms with van der Waals surface area (Å²) in [6.07, 6.45) is 1.96. The topological polar surface area (TPSA) is 57.1 Å². The molecule has 1 aliphatic heterocycles. The number of carbonyl (C=O) groups is 1. The summed E-state index contributed by atoms with van der Waals surface area (Å²) >= 11 is 0. The smallest absolute Gasteiger partial charge is 0.311 e. The van der Waals surface area contributed by atoms with E-state index in [1.807, 2.05) is 12.1 Å². The summed E-state index contributed by atoms with van der Waals surface area (Å²) in [5, 5.41) is 0. The lowest BCUT2D eigenvalue weighted by Crippen LogP contribution is -2.23. The minimum atomic E-state index is -0.251. The van der Waals surface area contributed by atoms with Gasteiger partial charge in [0.2, 0.25) is 0 Å². The summed E-state index contributed by atoms with van der Waals surface area (Å²) in [5.74, 6) is 1.10. The van der Waals surface area contributed by atoms with Crippen molar-refractivity contribution in [2.75, 3.05) is 20.8 Å². The van der Waals surface area contributed by atoms with E-state index in [0.717, 1.165) is 29.7 Å². The molecule has 2 rings (SSSR count). The van der Waals surface area contributed by atoms with Crippen molar-refractivity contribution in [3.05, 3.63) is 23.3 Å². The third kappa shape index (κ3) is 3.40. The van der Waals surface area contributed by atoms with E-state index in [0.29, 0.717) is 18.1 Å². The molecule has 120 valence electrons. The maximum atomic E-state index is 11.8. The number of nitrogens with zero attached hydrogens (tertiary/aromatic N) is 1. The molecular weight excluding hydrogens is 282 g/mol. The fourth-order valence-electron chi connectivity index (χ4n) is 2.67. The lowest BCUT2D eigenvalue weighted by atomic mass is 9.90. The summed E-state index contributed by atoms with van der Waals surface area (Å²) in [6, 6.07) is 4.07. The molecule has 5 heteroatoms. The second-order valence-corrected chi connectivity index (χ2v) is 5.19. The van der Waals surface area contributed by atoms with Gasteiger partial charge in [-0.05, 0) is 37.5 Å². The van der Waals surface area contributed by atoms with E-state index in [1.165, 1.54) is 0 Å². The fourth-order valence-corrected chi connectivity index (χ4v) is 2.67. The summed E-state index contributed by atoms with van der Waals surface area (Å²) < 4.78 is 15.8. The Hall–Kier alpha value is -2.04. The molecule has 5 nitrogen and oxygen atoms in total. The molecule has 1 aromatic carbocycles. The van der Waals surface area contributed by atoms with Crippen LogP contribution in [0.1, 0.15) is 37.8 Å². The van der Waals surface area contributed by atoms with Crippen LogP contribution in [0.2, 0.25) is 0 Å². The number of carbonyl (C=O) groups excluding carboxylic acids is 1. The van der Waals surface area contributed by atoms with Crippen LogP contribution in [-0.4, -0.2) is 38.5 Å². The Morgan fingerprint density at radius 1 is 1.23 bits per heavy atom. The first kappa shape index (κ1) is 16.3.